The van der Waals surface area contributed by atoms with Gasteiger partial charge in [0.2, 0.25) is 5.91 Å². The number of hydrogen-bond donors (Lipinski definition) is 3. The number of esters is 1. The smallest absolute Gasteiger partial charge is 0.305 e. The number of nitrogens with two attached hydrogens (primary N) is 1. The first kappa shape index (κ1) is 16.0. The van der Waals surface area contributed by atoms with Crippen molar-refractivity contribution < 1.29 is 14.3 Å². The van der Waals surface area contributed by atoms with Crippen molar-refractivity contribution >= 4 is 29.5 Å². The number of anilines is 1. The lowest BCUT2D eigenvalue weighted by atomic mass is 10.3. The second-order valence-electron chi connectivity index (χ2n) is 3.79. The first-order chi connectivity index (χ1) is 9.51. The maximum Gasteiger partial charge on any atom is 0.305 e. The van der Waals surface area contributed by atoms with Gasteiger partial charge in [0.25, 0.3) is 5.56 Å². The van der Waals surface area contributed by atoms with Crippen LogP contribution in [0.5, 0.6) is 0 Å². The molecule has 0 aliphatic heterocycles. The Morgan fingerprint density at radius 1 is 1.55 bits per heavy atom. The van der Waals surface area contributed by atoms with Gasteiger partial charge in [0.05, 0.1) is 12.9 Å². The van der Waals surface area contributed by atoms with Crippen molar-refractivity contribution in [3.8, 4) is 0 Å². The number of nitrogens with one attached hydrogen (secondary N) is 2. The summed E-state index contributed by atoms with van der Waals surface area (Å²) in [5, 5.41) is 2.93. The highest BCUT2D eigenvalue weighted by molar-refractivity contribution is 7.99. The van der Waals surface area contributed by atoms with Crippen LogP contribution in [0.15, 0.2) is 16.0 Å². The fourth-order valence-electron chi connectivity index (χ4n) is 1.27. The number of carbonyl (C=O) groups excluding carboxylic acids is 2. The average Bonchev–Trinajstić information content (AvgIpc) is 2.40. The van der Waals surface area contributed by atoms with E-state index in [1.165, 1.54) is 7.11 Å². The molecule has 1 aromatic rings. The molecule has 0 aliphatic rings. The van der Waals surface area contributed by atoms with Crippen LogP contribution in [0.25, 0.3) is 0 Å². The van der Waals surface area contributed by atoms with Crippen LogP contribution in [0.3, 0.4) is 0 Å². The molecule has 0 atom stereocenters. The van der Waals surface area contributed by atoms with Gasteiger partial charge < -0.3 is 20.8 Å². The van der Waals surface area contributed by atoms with Crippen molar-refractivity contribution in [3.05, 3.63) is 16.4 Å². The van der Waals surface area contributed by atoms with E-state index >= 15 is 0 Å². The van der Waals surface area contributed by atoms with Crippen LogP contribution >= 0.6 is 11.8 Å². The maximum atomic E-state index is 11.5. The highest BCUT2D eigenvalue weighted by Gasteiger charge is 2.06. The molecule has 0 aromatic carbocycles. The van der Waals surface area contributed by atoms with Crippen LogP contribution in [0.2, 0.25) is 0 Å². The molecule has 0 saturated heterocycles. The molecule has 0 radical (unpaired) electrons. The molecule has 1 heterocycles. The SMILES string of the molecule is COC(=O)CCCNC(=O)CSc1nc(N)cc(=O)[nH]1. The fraction of sp³-hybridized carbons (Fsp3) is 0.455. The number of amides is 1. The van der Waals surface area contributed by atoms with Gasteiger partial charge in [-0.05, 0) is 6.42 Å². The highest BCUT2D eigenvalue weighted by atomic mass is 32.2. The largest absolute Gasteiger partial charge is 0.469 e. The van der Waals surface area contributed by atoms with Gasteiger partial charge in [-0.25, -0.2) is 4.98 Å². The summed E-state index contributed by atoms with van der Waals surface area (Å²) in [5.41, 5.74) is 5.05. The average molecular weight is 300 g/mol. The second-order valence-corrected chi connectivity index (χ2v) is 4.76. The summed E-state index contributed by atoms with van der Waals surface area (Å²) in [4.78, 5) is 39.8. The van der Waals surface area contributed by atoms with Crippen molar-refractivity contribution in [2.45, 2.75) is 18.0 Å². The van der Waals surface area contributed by atoms with Crippen LogP contribution < -0.4 is 16.6 Å². The summed E-state index contributed by atoms with van der Waals surface area (Å²) in [7, 11) is 1.32. The molecular weight excluding hydrogens is 284 g/mol. The summed E-state index contributed by atoms with van der Waals surface area (Å²) in [6.45, 7) is 0.384. The van der Waals surface area contributed by atoms with E-state index in [0.29, 0.717) is 18.1 Å². The van der Waals surface area contributed by atoms with Crippen LogP contribution in [-0.4, -0.2) is 41.3 Å². The molecule has 1 amide bonds. The summed E-state index contributed by atoms with van der Waals surface area (Å²) >= 11 is 1.08. The Labute approximate surface area is 119 Å². The van der Waals surface area contributed by atoms with Crippen molar-refractivity contribution in [1.82, 2.24) is 15.3 Å². The molecule has 0 bridgehead atoms. The third-order valence-corrected chi connectivity index (χ3v) is 3.06. The van der Waals surface area contributed by atoms with Crippen LogP contribution in [0.1, 0.15) is 12.8 Å². The Kier molecular flexibility index (Phi) is 6.57. The summed E-state index contributed by atoms with van der Waals surface area (Å²) in [6, 6.07) is 1.16. The highest BCUT2D eigenvalue weighted by Crippen LogP contribution is 2.10. The Morgan fingerprint density at radius 3 is 2.95 bits per heavy atom. The van der Waals surface area contributed by atoms with Gasteiger partial charge in [-0.2, -0.15) is 0 Å². The molecule has 110 valence electrons. The molecule has 0 aliphatic carbocycles. The number of H-pyrrole nitrogens is 1. The molecule has 4 N–H and O–H groups in total. The molecule has 0 fully saturated rings. The number of nitrogen functional groups attached to an aromatic ring is 1. The molecule has 1 rings (SSSR count). The molecule has 0 unspecified atom stereocenters. The van der Waals surface area contributed by atoms with Gasteiger partial charge in [-0.1, -0.05) is 11.8 Å². The molecule has 8 nitrogen and oxygen atoms in total. The Hall–Kier alpha value is -2.03. The minimum absolute atomic E-state index is 0.102. The number of carbonyl (C=O) groups is 2. The predicted octanol–water partition coefficient (Wildman–Crippen LogP) is -0.486. The molecule has 9 heteroatoms. The van der Waals surface area contributed by atoms with Crippen molar-refractivity contribution in [2.75, 3.05) is 25.1 Å². The van der Waals surface area contributed by atoms with E-state index in [2.05, 4.69) is 20.0 Å². The van der Waals surface area contributed by atoms with Crippen molar-refractivity contribution in [3.63, 3.8) is 0 Å². The lowest BCUT2D eigenvalue weighted by molar-refractivity contribution is -0.140. The number of nitrogens with zero attached hydrogens (tertiary/aromatic N) is 1. The van der Waals surface area contributed by atoms with Gasteiger partial charge in [0, 0.05) is 19.0 Å². The van der Waals surface area contributed by atoms with Crippen LogP contribution in [-0.2, 0) is 14.3 Å². The third-order valence-electron chi connectivity index (χ3n) is 2.19. The number of ether oxygens (including phenoxy) is 1. The van der Waals surface area contributed by atoms with Crippen molar-refractivity contribution in [1.29, 1.82) is 0 Å². The third kappa shape index (κ3) is 6.23. The van der Waals surface area contributed by atoms with E-state index in [1.807, 2.05) is 0 Å². The number of hydrogen-bond acceptors (Lipinski definition) is 7. The molecule has 0 spiro atoms. The quantitative estimate of drug-likeness (QED) is 0.268. The maximum absolute atomic E-state index is 11.5. The van der Waals surface area contributed by atoms with E-state index in [4.69, 9.17) is 5.73 Å². The molecule has 0 saturated carbocycles. The molecular formula is C11H16N4O4S. The van der Waals surface area contributed by atoms with E-state index in [9.17, 15) is 14.4 Å². The number of thioether (sulfide) groups is 1. The zero-order chi connectivity index (χ0) is 15.0. The summed E-state index contributed by atoms with van der Waals surface area (Å²) in [5.74, 6) is -0.320. The monoisotopic (exact) mass is 300 g/mol. The minimum atomic E-state index is -0.363. The summed E-state index contributed by atoms with van der Waals surface area (Å²) in [6.07, 6.45) is 0.768. The van der Waals surface area contributed by atoms with Gasteiger partial charge in [0.1, 0.15) is 5.82 Å². The van der Waals surface area contributed by atoms with E-state index in [0.717, 1.165) is 17.8 Å². The predicted molar refractivity (Wildman–Crippen MR) is 74.3 cm³/mol. The minimum Gasteiger partial charge on any atom is -0.469 e. The Balaban J connectivity index is 2.26. The lowest BCUT2D eigenvalue weighted by Crippen LogP contribution is -2.26. The van der Waals surface area contributed by atoms with E-state index in [1.54, 1.807) is 0 Å². The van der Waals surface area contributed by atoms with Gasteiger partial charge in [-0.15, -0.1) is 0 Å². The zero-order valence-corrected chi connectivity index (χ0v) is 11.8. The number of rotatable bonds is 7. The topological polar surface area (TPSA) is 127 Å². The number of aromatic nitrogens is 2. The lowest BCUT2D eigenvalue weighted by Gasteiger charge is -2.04. The van der Waals surface area contributed by atoms with Gasteiger partial charge >= 0.3 is 5.97 Å². The van der Waals surface area contributed by atoms with E-state index in [-0.39, 0.29) is 35.4 Å². The van der Waals surface area contributed by atoms with Crippen LogP contribution in [0, 0.1) is 0 Å². The normalized spacial score (nSPS) is 10.1. The molecule has 20 heavy (non-hydrogen) atoms. The van der Waals surface area contributed by atoms with Gasteiger partial charge in [-0.3, -0.25) is 14.4 Å². The Morgan fingerprint density at radius 2 is 2.30 bits per heavy atom. The van der Waals surface area contributed by atoms with E-state index < -0.39 is 0 Å². The Bertz CT molecular complexity index is 531. The standard InChI is InChI=1S/C11H16N4O4S/c1-19-10(18)3-2-4-13-9(17)6-20-11-14-7(12)5-8(16)15-11/h5H,2-4,6H2,1H3,(H,13,17)(H3,12,14,15,16). The fourth-order valence-corrected chi connectivity index (χ4v) is 1.98. The zero-order valence-electron chi connectivity index (χ0n) is 11.0. The van der Waals surface area contributed by atoms with Gasteiger partial charge in [0.15, 0.2) is 5.16 Å². The first-order valence-electron chi connectivity index (χ1n) is 5.84. The van der Waals surface area contributed by atoms with Crippen LogP contribution in [0.4, 0.5) is 5.82 Å². The van der Waals surface area contributed by atoms with Crippen molar-refractivity contribution in [2.24, 2.45) is 0 Å². The number of aromatic amines is 1. The number of methoxy groups -OCH3 is 1. The second kappa shape index (κ2) is 8.20. The molecule has 1 aromatic heterocycles. The first-order valence-corrected chi connectivity index (χ1v) is 6.83. The summed E-state index contributed by atoms with van der Waals surface area (Å²) < 4.78 is 4.48.